The number of hydrogen-bond acceptors (Lipinski definition) is 19. The van der Waals surface area contributed by atoms with Crippen molar-refractivity contribution in [1.29, 1.82) is 0 Å². The van der Waals surface area contributed by atoms with Gasteiger partial charge in [-0.25, -0.2) is 9.98 Å². The number of nitrogens with one attached hydrogen (secondary N) is 7. The fraction of sp³-hybridized carbons (Fsp3) is 0.936. The Morgan fingerprint density at radius 2 is 0.776 bits per heavy atom. The number of morpholine rings is 1. The lowest BCUT2D eigenvalue weighted by molar-refractivity contribution is -0.137. The molecule has 1 saturated carbocycles. The van der Waals surface area contributed by atoms with Crippen molar-refractivity contribution in [3.8, 4) is 0 Å². The first-order valence-corrected chi connectivity index (χ1v) is 46.3. The molecule has 0 aromatic rings. The third-order valence-corrected chi connectivity index (χ3v) is 25.1. The molecule has 7 unspecified atom stereocenters. The molecule has 10 aliphatic heterocycles. The Hall–Kier alpha value is -3.74. The van der Waals surface area contributed by atoms with Gasteiger partial charge in [-0.2, -0.15) is 10.2 Å². The molecule has 0 bridgehead atoms. The predicted octanol–water partition coefficient (Wildman–Crippen LogP) is 17.9. The van der Waals surface area contributed by atoms with Gasteiger partial charge in [0, 0.05) is 141 Å². The highest BCUT2D eigenvalue weighted by molar-refractivity contribution is 5.88. The number of carbonyl (C=O) groups excluding carboxylic acids is 4. The molecule has 0 spiro atoms. The van der Waals surface area contributed by atoms with Gasteiger partial charge in [-0.05, 0) is 183 Å². The summed E-state index contributed by atoms with van der Waals surface area (Å²) in [4.78, 5) is 62.4. The van der Waals surface area contributed by atoms with E-state index < -0.39 is 0 Å². The molecule has 9 fully saturated rings. The first-order chi connectivity index (χ1) is 53.9. The summed E-state index contributed by atoms with van der Waals surface area (Å²) in [5.41, 5.74) is 3.06. The predicted molar refractivity (Wildman–Crippen MR) is 487 cm³/mol. The number of amides is 3. The van der Waals surface area contributed by atoms with Crippen LogP contribution in [0.5, 0.6) is 0 Å². The molecule has 11 aliphatic rings. The van der Waals surface area contributed by atoms with Crippen molar-refractivity contribution < 1.29 is 28.7 Å². The van der Waals surface area contributed by atoms with Crippen molar-refractivity contribution in [3.63, 3.8) is 0 Å². The third kappa shape index (κ3) is 43.8. The van der Waals surface area contributed by atoms with E-state index in [9.17, 15) is 19.2 Å². The smallest absolute Gasteiger partial charge is 0.223 e. The Kier molecular flexibility index (Phi) is 47.7. The molecule has 1 aliphatic carbocycles. The lowest BCUT2D eigenvalue weighted by atomic mass is 9.72. The van der Waals surface area contributed by atoms with Crippen LogP contribution < -0.4 is 37.2 Å². The molecular weight excluding hydrogens is 1450 g/mol. The zero-order chi connectivity index (χ0) is 87.2. The fourth-order valence-electron chi connectivity index (χ4n) is 16.8. The van der Waals surface area contributed by atoms with Crippen LogP contribution in [0.25, 0.3) is 0 Å². The number of rotatable bonds is 12. The van der Waals surface area contributed by atoms with Gasteiger partial charge >= 0.3 is 0 Å². The van der Waals surface area contributed by atoms with Gasteiger partial charge in [-0.1, -0.05) is 213 Å². The average Bonchev–Trinajstić information content (AvgIpc) is 1.02. The molecule has 116 heavy (non-hydrogen) atoms. The van der Waals surface area contributed by atoms with Crippen LogP contribution in [0.15, 0.2) is 30.4 Å². The number of hydrogen-bond donors (Lipinski definition) is 7. The molecule has 3 amide bonds. The van der Waals surface area contributed by atoms with Gasteiger partial charge in [0.2, 0.25) is 17.7 Å². The SMILES string of the molecule is CC(=O)CCCCC(=O)N1CCNCC1C(C)(C)C.CC(C)(C)C1CCCCC1.CC(C)(C)C1CCCCN1.CC(C)(C)C1CCCO1.CC(C)(C)C1CCNC1.CC(C)(C)C1CCNCC1.CC(C)(C)C1CNCCN1C(=O)CCC1=NCN=N1.CC(C)(C)C1CNCCN1C(=O)CCCC1=NCN=N1.CC(C)(C)C1COCCN1. The highest BCUT2D eigenvalue weighted by Gasteiger charge is 2.39. The van der Waals surface area contributed by atoms with E-state index in [0.717, 1.165) is 141 Å². The van der Waals surface area contributed by atoms with Gasteiger partial charge in [0.25, 0.3) is 0 Å². The molecular formula is C94H184N16O6. The summed E-state index contributed by atoms with van der Waals surface area (Å²) in [6, 6.07) is 2.07. The summed E-state index contributed by atoms with van der Waals surface area (Å²) in [5, 5.41) is 39.3. The second-order valence-corrected chi connectivity index (χ2v) is 44.5. The minimum absolute atomic E-state index is 0.0909. The Morgan fingerprint density at radius 1 is 0.362 bits per heavy atom. The van der Waals surface area contributed by atoms with Crippen molar-refractivity contribution in [1.82, 2.24) is 51.9 Å². The van der Waals surface area contributed by atoms with Crippen LogP contribution in [-0.4, -0.2) is 218 Å². The zero-order valence-corrected chi connectivity index (χ0v) is 80.4. The molecule has 22 nitrogen and oxygen atoms in total. The summed E-state index contributed by atoms with van der Waals surface area (Å²) >= 11 is 0. The molecule has 0 aromatic carbocycles. The van der Waals surface area contributed by atoms with Crippen molar-refractivity contribution in [3.05, 3.63) is 0 Å². The second kappa shape index (κ2) is 52.0. The van der Waals surface area contributed by atoms with Gasteiger partial charge in [-0.15, -0.1) is 10.2 Å². The van der Waals surface area contributed by atoms with Crippen molar-refractivity contribution >= 4 is 35.2 Å². The molecule has 676 valence electrons. The molecule has 22 heteroatoms. The number of Topliss-reactive ketones (excluding diaryl/α,β-unsaturated/α-hetero) is 1. The van der Waals surface area contributed by atoms with Crippen LogP contribution in [0, 0.1) is 66.5 Å². The first kappa shape index (κ1) is 106. The lowest BCUT2D eigenvalue weighted by Crippen LogP contribution is -2.58. The summed E-state index contributed by atoms with van der Waals surface area (Å²) < 4.78 is 10.9. The lowest BCUT2D eigenvalue weighted by Gasteiger charge is -2.43. The number of unbranched alkanes of at least 4 members (excludes halogenated alkanes) is 1. The Balaban J connectivity index is 0.000000344. The molecule has 7 atom stereocenters. The van der Waals surface area contributed by atoms with Gasteiger partial charge in [0.15, 0.2) is 13.3 Å². The maximum Gasteiger partial charge on any atom is 0.223 e. The monoisotopic (exact) mass is 1630 g/mol. The molecule has 0 aromatic heterocycles. The minimum atomic E-state index is 0.0909. The number of ether oxygens (including phenoxy) is 2. The number of nitrogens with zero attached hydrogens (tertiary/aromatic N) is 9. The van der Waals surface area contributed by atoms with Gasteiger partial charge in [0.05, 0.1) is 19.3 Å². The zero-order valence-electron chi connectivity index (χ0n) is 80.4. The normalized spacial score (nSPS) is 24.6. The maximum absolute atomic E-state index is 12.4. The topological polar surface area (TPSA) is 255 Å². The highest BCUT2D eigenvalue weighted by Crippen LogP contribution is 2.39. The second-order valence-electron chi connectivity index (χ2n) is 44.5. The van der Waals surface area contributed by atoms with Gasteiger partial charge in [0.1, 0.15) is 17.5 Å². The van der Waals surface area contributed by atoms with Gasteiger partial charge in [-0.3, -0.25) is 14.4 Å². The standard InChI is InChI=1S/C15H28N2O2.C14H25N5O.C13H23N5O.C10H20.2C9H19N.C8H17NO.C8H17N.C8H16O/c1-12(18)7-5-6-8-14(19)17-10-9-16-11-13(17)15(2,3)4;1-14(2,3)11-9-15-7-8-19(11)13(20)6-4-5-12-16-10-17-18-12;1-13(2,3)10-8-14-6-7-18(10)12(19)5-4-11-15-9-16-17-11;1-10(2,3)9-7-5-4-6-8-9;1-9(2,3)8-4-6-10-7-5-8;1-9(2,3)8-6-4-5-7-10-8;1-8(2,3)7-6-10-5-4-9-7;1-8(2,3)7-4-5-9-6-7;1-8(2,3)7-5-4-6-9-7/h13,16H,5-11H2,1-4H3;11,15H,4-10H2,1-3H3;10,14H,4-9H2,1-3H3;9H,4-8H2,1-3H3;2*8,10H,4-7H2,1-3H3;7,9H,4-6H2,1-3H3;7,9H,4-6H2,1-3H3;7H,4-6H2,1-3H3. The van der Waals surface area contributed by atoms with Crippen LogP contribution in [0.1, 0.15) is 335 Å². The van der Waals surface area contributed by atoms with Crippen LogP contribution in [0.2, 0.25) is 0 Å². The molecule has 7 N–H and O–H groups in total. The largest absolute Gasteiger partial charge is 0.378 e. The van der Waals surface area contributed by atoms with Crippen LogP contribution in [-0.2, 0) is 28.7 Å². The van der Waals surface area contributed by atoms with E-state index in [1.165, 1.54) is 116 Å². The van der Waals surface area contributed by atoms with E-state index in [1.807, 2.05) is 9.80 Å². The maximum atomic E-state index is 12.4. The Bertz CT molecular complexity index is 2700. The summed E-state index contributed by atoms with van der Waals surface area (Å²) in [5.74, 6) is 5.23. The summed E-state index contributed by atoms with van der Waals surface area (Å²) in [7, 11) is 0. The average molecular weight is 1630 g/mol. The molecule has 10 heterocycles. The van der Waals surface area contributed by atoms with Crippen LogP contribution in [0.4, 0.5) is 0 Å². The number of ketones is 1. The Morgan fingerprint density at radius 3 is 1.09 bits per heavy atom. The quantitative estimate of drug-likeness (QED) is 0.0899. The van der Waals surface area contributed by atoms with E-state index in [4.69, 9.17) is 9.47 Å². The number of piperazine rings is 3. The van der Waals surface area contributed by atoms with E-state index >= 15 is 0 Å². The van der Waals surface area contributed by atoms with E-state index in [2.05, 4.69) is 260 Å². The van der Waals surface area contributed by atoms with E-state index in [0.29, 0.717) is 95.9 Å². The molecule has 11 rings (SSSR count). The van der Waals surface area contributed by atoms with E-state index in [-0.39, 0.29) is 57.9 Å². The number of carbonyl (C=O) groups is 4. The summed E-state index contributed by atoms with van der Waals surface area (Å²) in [6.45, 7) is 81.2. The van der Waals surface area contributed by atoms with E-state index in [1.54, 1.807) is 6.92 Å². The van der Waals surface area contributed by atoms with Gasteiger partial charge < -0.3 is 66.2 Å². The number of azo groups is 2. The molecule has 8 saturated heterocycles. The van der Waals surface area contributed by atoms with Crippen molar-refractivity contribution in [2.24, 2.45) is 96.9 Å². The number of amidine groups is 2. The van der Waals surface area contributed by atoms with Crippen molar-refractivity contribution in [2.75, 3.05) is 131 Å². The van der Waals surface area contributed by atoms with Crippen LogP contribution in [0.3, 0.4) is 0 Å². The summed E-state index contributed by atoms with van der Waals surface area (Å²) in [6.07, 6.45) is 24.6. The van der Waals surface area contributed by atoms with Crippen LogP contribution >= 0.6 is 0 Å². The first-order valence-electron chi connectivity index (χ1n) is 46.3. The Labute approximate surface area is 711 Å². The number of piperidine rings is 2. The van der Waals surface area contributed by atoms with Crippen molar-refractivity contribution in [2.45, 2.75) is 371 Å². The minimum Gasteiger partial charge on any atom is -0.378 e. The highest BCUT2D eigenvalue weighted by atomic mass is 16.5. The number of aliphatic imine (C=N–C) groups is 2. The molecule has 0 radical (unpaired) electrons. The fourth-order valence-corrected chi connectivity index (χ4v) is 16.8. The third-order valence-electron chi connectivity index (χ3n) is 25.1.